The van der Waals surface area contributed by atoms with Crippen LogP contribution < -0.4 is 15.8 Å². The molecule has 1 fully saturated rings. The molecule has 3 N–H and O–H groups in total. The molecule has 1 atom stereocenters. The quantitative estimate of drug-likeness (QED) is 0.601. The highest BCUT2D eigenvalue weighted by atomic mass is 16.5. The largest absolute Gasteiger partial charge is 0.481 e. The minimum atomic E-state index is -0.233. The number of guanidine groups is 1. The summed E-state index contributed by atoms with van der Waals surface area (Å²) in [5.41, 5.74) is 6.29. The maximum Gasteiger partial charge on any atom is 0.218 e. The summed E-state index contributed by atoms with van der Waals surface area (Å²) in [5.74, 6) is 1.52. The van der Waals surface area contributed by atoms with E-state index in [0.29, 0.717) is 24.8 Å². The Balaban J connectivity index is 2.08. The van der Waals surface area contributed by atoms with E-state index in [4.69, 9.17) is 15.5 Å². The molecule has 0 radical (unpaired) electrons. The van der Waals surface area contributed by atoms with Gasteiger partial charge in [-0.05, 0) is 31.7 Å². The second kappa shape index (κ2) is 9.10. The number of primary amides is 1. The molecule has 132 valence electrons. The number of pyridine rings is 1. The van der Waals surface area contributed by atoms with Crippen LogP contribution in [0.25, 0.3) is 0 Å². The molecule has 0 bridgehead atoms. The summed E-state index contributed by atoms with van der Waals surface area (Å²) >= 11 is 0. The number of amides is 1. The number of hydrogen-bond donors (Lipinski definition) is 2. The van der Waals surface area contributed by atoms with Crippen molar-refractivity contribution in [3.05, 3.63) is 23.9 Å². The zero-order valence-corrected chi connectivity index (χ0v) is 14.5. The number of methoxy groups -OCH3 is 1. The summed E-state index contributed by atoms with van der Waals surface area (Å²) in [5, 5.41) is 3.33. The molecule has 1 aliphatic rings. The third kappa shape index (κ3) is 5.11. The van der Waals surface area contributed by atoms with Crippen molar-refractivity contribution in [2.75, 3.05) is 26.7 Å². The third-order valence-electron chi connectivity index (χ3n) is 4.09. The average Bonchev–Trinajstić information content (AvgIpc) is 2.58. The smallest absolute Gasteiger partial charge is 0.218 e. The van der Waals surface area contributed by atoms with E-state index in [1.54, 1.807) is 13.3 Å². The molecular formula is C17H27N5O2. The van der Waals surface area contributed by atoms with E-state index in [1.807, 2.05) is 19.1 Å². The molecule has 24 heavy (non-hydrogen) atoms. The maximum absolute atomic E-state index is 11.2. The zero-order valence-electron chi connectivity index (χ0n) is 14.5. The first-order valence-corrected chi connectivity index (χ1v) is 8.43. The van der Waals surface area contributed by atoms with Crippen LogP contribution in [-0.4, -0.2) is 48.5 Å². The fourth-order valence-corrected chi connectivity index (χ4v) is 3.02. The van der Waals surface area contributed by atoms with Gasteiger partial charge in [0.25, 0.3) is 0 Å². The number of aliphatic imine (C=N–C) groups is 1. The van der Waals surface area contributed by atoms with Crippen LogP contribution in [-0.2, 0) is 11.3 Å². The minimum absolute atomic E-state index is 0.233. The lowest BCUT2D eigenvalue weighted by Crippen LogP contribution is -2.47. The average molecular weight is 333 g/mol. The number of nitrogens with two attached hydrogens (primary N) is 1. The predicted octanol–water partition coefficient (Wildman–Crippen LogP) is 1.14. The first-order valence-electron chi connectivity index (χ1n) is 8.43. The summed E-state index contributed by atoms with van der Waals surface area (Å²) in [7, 11) is 1.61. The Morgan fingerprint density at radius 1 is 1.58 bits per heavy atom. The predicted molar refractivity (Wildman–Crippen MR) is 93.7 cm³/mol. The van der Waals surface area contributed by atoms with E-state index in [1.165, 1.54) is 0 Å². The number of carbonyl (C=O) groups is 1. The SMILES string of the molecule is CCNC(=NCc1cccnc1OC)N1CCCC(CC(N)=O)C1. The number of hydrogen-bond acceptors (Lipinski definition) is 4. The number of rotatable bonds is 6. The van der Waals surface area contributed by atoms with Gasteiger partial charge in [0.2, 0.25) is 11.8 Å². The zero-order chi connectivity index (χ0) is 17.4. The van der Waals surface area contributed by atoms with Crippen molar-refractivity contribution in [2.24, 2.45) is 16.6 Å². The summed E-state index contributed by atoms with van der Waals surface area (Å²) in [6.07, 6.45) is 4.22. The highest BCUT2D eigenvalue weighted by Gasteiger charge is 2.23. The lowest BCUT2D eigenvalue weighted by Gasteiger charge is -2.34. The standard InChI is InChI=1S/C17H27N5O2/c1-3-19-17(21-11-14-7-4-8-20-16(14)24-2)22-9-5-6-13(12-22)10-15(18)23/h4,7-8,13H,3,5-6,9-12H2,1-2H3,(H2,18,23)(H,19,21). The Bertz CT molecular complexity index is 576. The topological polar surface area (TPSA) is 92.8 Å². The number of ether oxygens (including phenoxy) is 1. The van der Waals surface area contributed by atoms with E-state index < -0.39 is 0 Å². The fourth-order valence-electron chi connectivity index (χ4n) is 3.02. The van der Waals surface area contributed by atoms with Gasteiger partial charge < -0.3 is 20.7 Å². The van der Waals surface area contributed by atoms with Crippen molar-refractivity contribution in [1.82, 2.24) is 15.2 Å². The van der Waals surface area contributed by atoms with Gasteiger partial charge in [-0.3, -0.25) is 4.79 Å². The Kier molecular flexibility index (Phi) is 6.84. The van der Waals surface area contributed by atoms with Gasteiger partial charge in [-0.1, -0.05) is 6.07 Å². The van der Waals surface area contributed by atoms with Crippen molar-refractivity contribution >= 4 is 11.9 Å². The van der Waals surface area contributed by atoms with Crippen LogP contribution in [0.5, 0.6) is 5.88 Å². The fraction of sp³-hybridized carbons (Fsp3) is 0.588. The van der Waals surface area contributed by atoms with Gasteiger partial charge in [0.05, 0.1) is 13.7 Å². The Morgan fingerprint density at radius 3 is 3.12 bits per heavy atom. The molecule has 2 heterocycles. The number of carbonyl (C=O) groups excluding carboxylic acids is 1. The highest BCUT2D eigenvalue weighted by molar-refractivity contribution is 5.80. The van der Waals surface area contributed by atoms with E-state index in [-0.39, 0.29) is 5.91 Å². The maximum atomic E-state index is 11.2. The Hall–Kier alpha value is -2.31. The van der Waals surface area contributed by atoms with Gasteiger partial charge in [-0.25, -0.2) is 9.98 Å². The van der Waals surface area contributed by atoms with Crippen LogP contribution in [0.1, 0.15) is 31.7 Å². The van der Waals surface area contributed by atoms with Crippen molar-refractivity contribution in [3.63, 3.8) is 0 Å². The molecule has 7 nitrogen and oxygen atoms in total. The second-order valence-corrected chi connectivity index (χ2v) is 5.97. The van der Waals surface area contributed by atoms with E-state index in [2.05, 4.69) is 15.2 Å². The van der Waals surface area contributed by atoms with Crippen LogP contribution in [0, 0.1) is 5.92 Å². The van der Waals surface area contributed by atoms with Crippen molar-refractivity contribution in [2.45, 2.75) is 32.7 Å². The molecule has 1 saturated heterocycles. The summed E-state index contributed by atoms with van der Waals surface area (Å²) < 4.78 is 5.28. The number of nitrogens with zero attached hydrogens (tertiary/aromatic N) is 3. The third-order valence-corrected chi connectivity index (χ3v) is 4.09. The van der Waals surface area contributed by atoms with E-state index >= 15 is 0 Å². The monoisotopic (exact) mass is 333 g/mol. The van der Waals surface area contributed by atoms with Crippen LogP contribution in [0.15, 0.2) is 23.3 Å². The van der Waals surface area contributed by atoms with Gasteiger partial charge in [-0.15, -0.1) is 0 Å². The van der Waals surface area contributed by atoms with Crippen LogP contribution >= 0.6 is 0 Å². The first kappa shape index (κ1) is 18.0. The lowest BCUT2D eigenvalue weighted by atomic mass is 9.95. The molecule has 1 unspecified atom stereocenters. The normalized spacial score (nSPS) is 18.3. The van der Waals surface area contributed by atoms with Crippen molar-refractivity contribution in [1.29, 1.82) is 0 Å². The van der Waals surface area contributed by atoms with Crippen molar-refractivity contribution < 1.29 is 9.53 Å². The summed E-state index contributed by atoms with van der Waals surface area (Å²) in [4.78, 5) is 22.3. The molecule has 0 spiro atoms. The van der Waals surface area contributed by atoms with Crippen molar-refractivity contribution in [3.8, 4) is 5.88 Å². The molecule has 0 saturated carbocycles. The van der Waals surface area contributed by atoms with Gasteiger partial charge in [0.15, 0.2) is 5.96 Å². The molecule has 1 aromatic heterocycles. The highest BCUT2D eigenvalue weighted by Crippen LogP contribution is 2.20. The van der Waals surface area contributed by atoms with Gasteiger partial charge in [0, 0.05) is 37.8 Å². The van der Waals surface area contributed by atoms with Crippen LogP contribution in [0.4, 0.5) is 0 Å². The van der Waals surface area contributed by atoms with E-state index in [9.17, 15) is 4.79 Å². The molecule has 2 rings (SSSR count). The van der Waals surface area contributed by atoms with Gasteiger partial charge in [-0.2, -0.15) is 0 Å². The molecular weight excluding hydrogens is 306 g/mol. The first-order chi connectivity index (χ1) is 11.6. The number of nitrogens with one attached hydrogen (secondary N) is 1. The minimum Gasteiger partial charge on any atom is -0.481 e. The molecule has 1 aliphatic heterocycles. The van der Waals surface area contributed by atoms with Crippen LogP contribution in [0.2, 0.25) is 0 Å². The number of aromatic nitrogens is 1. The molecule has 1 aromatic rings. The van der Waals surface area contributed by atoms with Crippen LogP contribution in [0.3, 0.4) is 0 Å². The Labute approximate surface area is 143 Å². The molecule has 0 aromatic carbocycles. The summed E-state index contributed by atoms with van der Waals surface area (Å²) in [6.45, 7) is 5.07. The molecule has 1 amide bonds. The molecule has 0 aliphatic carbocycles. The molecule has 7 heteroatoms. The number of likely N-dealkylation sites (tertiary alicyclic amines) is 1. The second-order valence-electron chi connectivity index (χ2n) is 5.97. The number of piperidine rings is 1. The Morgan fingerprint density at radius 2 is 2.42 bits per heavy atom. The van der Waals surface area contributed by atoms with Gasteiger partial charge in [0.1, 0.15) is 0 Å². The van der Waals surface area contributed by atoms with E-state index in [0.717, 1.165) is 44.0 Å². The van der Waals surface area contributed by atoms with Gasteiger partial charge >= 0.3 is 0 Å². The lowest BCUT2D eigenvalue weighted by molar-refractivity contribution is -0.119. The summed E-state index contributed by atoms with van der Waals surface area (Å²) in [6, 6.07) is 3.84.